The number of carboxylic acid groups (broad SMARTS) is 1. The summed E-state index contributed by atoms with van der Waals surface area (Å²) in [5.41, 5.74) is 7.60. The number of nitrogens with one attached hydrogen (secondary N) is 1. The maximum atomic E-state index is 12.9. The Balaban J connectivity index is 0.00000353. The fourth-order valence-corrected chi connectivity index (χ4v) is 5.19. The van der Waals surface area contributed by atoms with Crippen molar-refractivity contribution in [2.75, 3.05) is 12.4 Å². The Hall–Kier alpha value is -4.21. The second-order valence-corrected chi connectivity index (χ2v) is 9.88. The van der Waals surface area contributed by atoms with E-state index in [2.05, 4.69) is 15.4 Å². The minimum atomic E-state index is -1.22. The van der Waals surface area contributed by atoms with E-state index in [1.807, 2.05) is 54.6 Å². The van der Waals surface area contributed by atoms with Gasteiger partial charge in [0.05, 0.1) is 23.5 Å². The molecule has 6 rings (SSSR count). The van der Waals surface area contributed by atoms with Crippen molar-refractivity contribution in [1.29, 1.82) is 0 Å². The van der Waals surface area contributed by atoms with E-state index in [0.29, 0.717) is 38.7 Å². The summed E-state index contributed by atoms with van der Waals surface area (Å²) in [6.07, 6.45) is 4.57. The van der Waals surface area contributed by atoms with Gasteiger partial charge in [-0.25, -0.2) is 9.67 Å². The number of aliphatic carboxylic acids is 1. The Kier molecular flexibility index (Phi) is 8.61. The van der Waals surface area contributed by atoms with Gasteiger partial charge in [-0.3, -0.25) is 4.79 Å². The molecule has 0 unspecified atom stereocenters. The third kappa shape index (κ3) is 5.89. The Labute approximate surface area is 268 Å². The number of aromatic nitrogens is 3. The SMILES string of the molecule is COc1ccc(/C=C2\C(=O)Nc3cc(Cl)c(-c4ccc(-c5ccc(-n6cncn6)cc5)cc4)cc32)cc1CC(=O)[O-].[Na+]. The van der Waals surface area contributed by atoms with Gasteiger partial charge in [-0.15, -0.1) is 0 Å². The molecule has 1 amide bonds. The number of rotatable bonds is 7. The van der Waals surface area contributed by atoms with Crippen LogP contribution in [0.15, 0.2) is 91.5 Å². The molecule has 0 saturated heterocycles. The molecule has 1 aliphatic heterocycles. The van der Waals surface area contributed by atoms with Crippen molar-refractivity contribution in [1.82, 2.24) is 14.8 Å². The molecule has 0 bridgehead atoms. The molecule has 1 N–H and O–H groups in total. The second kappa shape index (κ2) is 12.3. The Morgan fingerprint density at radius 1 is 0.976 bits per heavy atom. The van der Waals surface area contributed by atoms with Crippen molar-refractivity contribution in [3.63, 3.8) is 0 Å². The standard InChI is InChI=1S/C32H23ClN4O4.Na/c1-41-30-11-2-19(12-23(30)14-31(38)39)13-27-26-15-25(28(33)16-29(26)36-32(27)40)22-5-3-20(4-6-22)21-7-9-24(10-8-21)37-18-34-17-35-37;/h2-13,15-18H,14H2,1H3,(H,36,40)(H,38,39);/q;+1/p-1/b27-13-;. The molecule has 0 saturated carbocycles. The number of carbonyl (C=O) groups is 2. The van der Waals surface area contributed by atoms with Crippen LogP contribution >= 0.6 is 11.6 Å². The van der Waals surface area contributed by atoms with Crippen molar-refractivity contribution in [2.24, 2.45) is 0 Å². The summed E-state index contributed by atoms with van der Waals surface area (Å²) in [6.45, 7) is 0. The number of ether oxygens (including phenoxy) is 1. The number of carboxylic acids is 1. The largest absolute Gasteiger partial charge is 1.00 e. The van der Waals surface area contributed by atoms with Crippen LogP contribution in [0.5, 0.6) is 5.75 Å². The minimum Gasteiger partial charge on any atom is -0.550 e. The zero-order valence-corrected chi connectivity index (χ0v) is 25.6. The van der Waals surface area contributed by atoms with Gasteiger partial charge in [0.25, 0.3) is 5.91 Å². The molecule has 10 heteroatoms. The van der Waals surface area contributed by atoms with Crippen LogP contribution in [0.1, 0.15) is 16.7 Å². The number of halogens is 1. The monoisotopic (exact) mass is 584 g/mol. The first kappa shape index (κ1) is 29.3. The first-order valence-electron chi connectivity index (χ1n) is 12.7. The summed E-state index contributed by atoms with van der Waals surface area (Å²) in [7, 11) is 1.47. The first-order valence-corrected chi connectivity index (χ1v) is 13.1. The maximum Gasteiger partial charge on any atom is 1.00 e. The van der Waals surface area contributed by atoms with Gasteiger partial charge in [0.1, 0.15) is 18.4 Å². The van der Waals surface area contributed by atoms with Gasteiger partial charge in [0.2, 0.25) is 0 Å². The predicted molar refractivity (Wildman–Crippen MR) is 155 cm³/mol. The quantitative estimate of drug-likeness (QED) is 0.232. The fraction of sp³-hybridized carbons (Fsp3) is 0.0625. The number of benzene rings is 4. The smallest absolute Gasteiger partial charge is 0.550 e. The van der Waals surface area contributed by atoms with Crippen LogP contribution in [0.2, 0.25) is 5.02 Å². The molecule has 42 heavy (non-hydrogen) atoms. The number of hydrogen-bond donors (Lipinski definition) is 1. The van der Waals surface area contributed by atoms with E-state index < -0.39 is 5.97 Å². The Bertz CT molecular complexity index is 1820. The zero-order chi connectivity index (χ0) is 28.5. The van der Waals surface area contributed by atoms with Crippen molar-refractivity contribution in [2.45, 2.75) is 6.42 Å². The average molecular weight is 585 g/mol. The van der Waals surface area contributed by atoms with Crippen LogP contribution in [0.4, 0.5) is 5.69 Å². The number of anilines is 1. The summed E-state index contributed by atoms with van der Waals surface area (Å²) in [5, 5.41) is 18.7. The Morgan fingerprint density at radius 2 is 1.67 bits per heavy atom. The van der Waals surface area contributed by atoms with Gasteiger partial charge in [-0.1, -0.05) is 54.1 Å². The molecule has 2 heterocycles. The second-order valence-electron chi connectivity index (χ2n) is 9.47. The molecule has 1 aliphatic rings. The molecule has 4 aromatic carbocycles. The van der Waals surface area contributed by atoms with Gasteiger partial charge in [0.15, 0.2) is 0 Å². The third-order valence-electron chi connectivity index (χ3n) is 6.92. The number of carbonyl (C=O) groups excluding carboxylic acids is 2. The van der Waals surface area contributed by atoms with Crippen molar-refractivity contribution < 1.29 is 49.0 Å². The Morgan fingerprint density at radius 3 is 2.31 bits per heavy atom. The molecular formula is C32H22ClN4NaO4. The molecule has 0 spiro atoms. The maximum absolute atomic E-state index is 12.9. The zero-order valence-electron chi connectivity index (χ0n) is 22.8. The van der Waals surface area contributed by atoms with E-state index in [1.165, 1.54) is 13.4 Å². The predicted octanol–water partition coefficient (Wildman–Crippen LogP) is 2.05. The molecule has 8 nitrogen and oxygen atoms in total. The topological polar surface area (TPSA) is 109 Å². The average Bonchev–Trinajstić information content (AvgIpc) is 3.61. The van der Waals surface area contributed by atoms with E-state index in [4.69, 9.17) is 16.3 Å². The van der Waals surface area contributed by atoms with Gasteiger partial charge >= 0.3 is 29.6 Å². The van der Waals surface area contributed by atoms with Gasteiger partial charge in [-0.2, -0.15) is 5.10 Å². The van der Waals surface area contributed by atoms with E-state index >= 15 is 0 Å². The van der Waals surface area contributed by atoms with Crippen molar-refractivity contribution in [3.8, 4) is 33.7 Å². The van der Waals surface area contributed by atoms with Gasteiger partial charge < -0.3 is 20.0 Å². The number of hydrogen-bond acceptors (Lipinski definition) is 6. The number of methoxy groups -OCH3 is 1. The summed E-state index contributed by atoms with van der Waals surface area (Å²) in [5.74, 6) is -1.04. The molecule has 202 valence electrons. The van der Waals surface area contributed by atoms with E-state index in [1.54, 1.807) is 41.4 Å². The van der Waals surface area contributed by atoms with Crippen molar-refractivity contribution >= 4 is 40.8 Å². The minimum absolute atomic E-state index is 0. The summed E-state index contributed by atoms with van der Waals surface area (Å²) in [4.78, 5) is 28.1. The molecular weight excluding hydrogens is 563 g/mol. The van der Waals surface area contributed by atoms with E-state index in [-0.39, 0.29) is 41.9 Å². The van der Waals surface area contributed by atoms with Crippen LogP contribution in [0.3, 0.4) is 0 Å². The van der Waals surface area contributed by atoms with E-state index in [9.17, 15) is 14.7 Å². The number of amides is 1. The fourth-order valence-electron chi connectivity index (χ4n) is 4.92. The normalized spacial score (nSPS) is 12.9. The van der Waals surface area contributed by atoms with E-state index in [0.717, 1.165) is 27.9 Å². The number of nitrogens with zero attached hydrogens (tertiary/aromatic N) is 3. The third-order valence-corrected chi connectivity index (χ3v) is 7.23. The van der Waals surface area contributed by atoms with Crippen LogP contribution in [0.25, 0.3) is 39.6 Å². The molecule has 1 aromatic heterocycles. The summed E-state index contributed by atoms with van der Waals surface area (Å²) >= 11 is 6.66. The van der Waals surface area contributed by atoms with Gasteiger partial charge in [-0.05, 0) is 64.7 Å². The molecule has 5 aromatic rings. The van der Waals surface area contributed by atoms with Crippen LogP contribution in [-0.4, -0.2) is 33.8 Å². The molecule has 0 atom stereocenters. The van der Waals surface area contributed by atoms with Crippen LogP contribution < -0.4 is 44.7 Å². The van der Waals surface area contributed by atoms with Crippen molar-refractivity contribution in [3.05, 3.63) is 113 Å². The molecule has 0 aliphatic carbocycles. The van der Waals surface area contributed by atoms with Crippen LogP contribution in [-0.2, 0) is 16.0 Å². The number of fused-ring (bicyclic) bond motifs is 1. The first-order chi connectivity index (χ1) is 19.9. The van der Waals surface area contributed by atoms with Gasteiger partial charge in [0, 0.05) is 34.7 Å². The summed E-state index contributed by atoms with van der Waals surface area (Å²) in [6, 6.07) is 24.8. The molecule has 0 fully saturated rings. The van der Waals surface area contributed by atoms with Crippen LogP contribution in [0, 0.1) is 0 Å². The summed E-state index contributed by atoms with van der Waals surface area (Å²) < 4.78 is 6.97. The molecule has 0 radical (unpaired) electrons.